The zero-order valence-corrected chi connectivity index (χ0v) is 13.9. The second-order valence-corrected chi connectivity index (χ2v) is 5.94. The van der Waals surface area contributed by atoms with Crippen molar-refractivity contribution in [2.24, 2.45) is 0 Å². The van der Waals surface area contributed by atoms with Crippen LogP contribution in [0.3, 0.4) is 0 Å². The number of ether oxygens (including phenoxy) is 1. The van der Waals surface area contributed by atoms with Crippen LogP contribution in [0, 0.1) is 0 Å². The van der Waals surface area contributed by atoms with Gasteiger partial charge in [0.05, 0.1) is 11.6 Å². The molecule has 1 heterocycles. The second kappa shape index (κ2) is 6.39. The third-order valence-electron chi connectivity index (χ3n) is 2.70. The lowest BCUT2D eigenvalue weighted by Crippen LogP contribution is -2.18. The number of halogens is 2. The van der Waals surface area contributed by atoms with Crippen LogP contribution in [0.15, 0.2) is 45.5 Å². The quantitative estimate of drug-likeness (QED) is 0.786. The van der Waals surface area contributed by atoms with E-state index in [0.717, 1.165) is 27.1 Å². The summed E-state index contributed by atoms with van der Waals surface area (Å²) in [5.41, 5.74) is 1.18. The van der Waals surface area contributed by atoms with Crippen molar-refractivity contribution in [3.05, 3.63) is 51.0 Å². The Balaban J connectivity index is 2.17. The zero-order valence-electron chi connectivity index (χ0n) is 10.7. The van der Waals surface area contributed by atoms with E-state index in [-0.39, 0.29) is 0 Å². The van der Waals surface area contributed by atoms with Crippen molar-refractivity contribution >= 4 is 37.7 Å². The Morgan fingerprint density at radius 3 is 2.74 bits per heavy atom. The fourth-order valence-corrected chi connectivity index (χ4v) is 3.10. The average molecular weight is 386 g/mol. The minimum Gasteiger partial charge on any atom is -0.497 e. The molecule has 0 atom stereocenters. The standard InChI is InChI=1S/C14H14Br2N2O/c1-18(14-13(16)7-11(15)8-17-14)9-10-4-3-5-12(6-10)19-2/h3-8H,9H2,1-2H3. The van der Waals surface area contributed by atoms with Crippen LogP contribution in [0.2, 0.25) is 0 Å². The summed E-state index contributed by atoms with van der Waals surface area (Å²) in [6.45, 7) is 0.768. The monoisotopic (exact) mass is 384 g/mol. The van der Waals surface area contributed by atoms with Crippen molar-refractivity contribution in [1.29, 1.82) is 0 Å². The van der Waals surface area contributed by atoms with E-state index in [1.165, 1.54) is 5.56 Å². The number of nitrogens with zero attached hydrogens (tertiary/aromatic N) is 2. The number of hydrogen-bond donors (Lipinski definition) is 0. The zero-order chi connectivity index (χ0) is 13.8. The Labute approximate surface area is 129 Å². The van der Waals surface area contributed by atoms with Gasteiger partial charge in [0.2, 0.25) is 0 Å². The largest absolute Gasteiger partial charge is 0.497 e. The van der Waals surface area contributed by atoms with Gasteiger partial charge in [-0.2, -0.15) is 0 Å². The number of methoxy groups -OCH3 is 1. The summed E-state index contributed by atoms with van der Waals surface area (Å²) in [7, 11) is 3.69. The number of aromatic nitrogens is 1. The van der Waals surface area contributed by atoms with Crippen molar-refractivity contribution in [3.63, 3.8) is 0 Å². The van der Waals surface area contributed by atoms with E-state index in [1.54, 1.807) is 13.3 Å². The Hall–Kier alpha value is -1.07. The Bertz CT molecular complexity index is 575. The molecule has 0 N–H and O–H groups in total. The summed E-state index contributed by atoms with van der Waals surface area (Å²) in [6.07, 6.45) is 1.79. The molecule has 19 heavy (non-hydrogen) atoms. The maximum Gasteiger partial charge on any atom is 0.142 e. The van der Waals surface area contributed by atoms with Gasteiger partial charge in [-0.15, -0.1) is 0 Å². The average Bonchev–Trinajstić information content (AvgIpc) is 2.38. The van der Waals surface area contributed by atoms with E-state index >= 15 is 0 Å². The van der Waals surface area contributed by atoms with Gasteiger partial charge in [0.1, 0.15) is 11.6 Å². The predicted molar refractivity (Wildman–Crippen MR) is 84.7 cm³/mol. The van der Waals surface area contributed by atoms with E-state index in [0.29, 0.717) is 0 Å². The highest BCUT2D eigenvalue weighted by molar-refractivity contribution is 9.11. The molecule has 2 aromatic rings. The molecule has 5 heteroatoms. The van der Waals surface area contributed by atoms with Crippen molar-refractivity contribution in [1.82, 2.24) is 4.98 Å². The first-order valence-electron chi connectivity index (χ1n) is 5.75. The lowest BCUT2D eigenvalue weighted by Gasteiger charge is -2.20. The van der Waals surface area contributed by atoms with Crippen molar-refractivity contribution in [2.75, 3.05) is 19.1 Å². The van der Waals surface area contributed by atoms with Crippen LogP contribution in [-0.4, -0.2) is 19.1 Å². The van der Waals surface area contributed by atoms with E-state index in [2.05, 4.69) is 47.8 Å². The van der Waals surface area contributed by atoms with E-state index in [4.69, 9.17) is 4.74 Å². The minimum atomic E-state index is 0.768. The van der Waals surface area contributed by atoms with Gasteiger partial charge in [-0.25, -0.2) is 4.98 Å². The van der Waals surface area contributed by atoms with Crippen LogP contribution in [-0.2, 0) is 6.54 Å². The summed E-state index contributed by atoms with van der Waals surface area (Å²) in [5, 5.41) is 0. The lowest BCUT2D eigenvalue weighted by molar-refractivity contribution is 0.414. The SMILES string of the molecule is COc1cccc(CN(C)c2ncc(Br)cc2Br)c1. The van der Waals surface area contributed by atoms with Crippen LogP contribution in [0.25, 0.3) is 0 Å². The molecule has 0 amide bonds. The molecule has 0 saturated heterocycles. The molecule has 1 aromatic heterocycles. The summed E-state index contributed by atoms with van der Waals surface area (Å²) < 4.78 is 7.15. The molecule has 100 valence electrons. The molecular weight excluding hydrogens is 372 g/mol. The van der Waals surface area contributed by atoms with Crippen molar-refractivity contribution in [2.45, 2.75) is 6.54 Å². The molecule has 0 aliphatic heterocycles. The third kappa shape index (κ3) is 3.70. The fourth-order valence-electron chi connectivity index (χ4n) is 1.81. The van der Waals surface area contributed by atoms with Crippen molar-refractivity contribution < 1.29 is 4.74 Å². The Morgan fingerprint density at radius 2 is 2.05 bits per heavy atom. The number of benzene rings is 1. The van der Waals surface area contributed by atoms with E-state index in [9.17, 15) is 0 Å². The molecule has 0 spiro atoms. The van der Waals surface area contributed by atoms with Gasteiger partial charge in [0.15, 0.2) is 0 Å². The van der Waals surface area contributed by atoms with Gasteiger partial charge in [0.25, 0.3) is 0 Å². The first kappa shape index (κ1) is 14.3. The molecule has 0 aliphatic rings. The van der Waals surface area contributed by atoms with Crippen LogP contribution >= 0.6 is 31.9 Å². The Morgan fingerprint density at radius 1 is 1.26 bits per heavy atom. The summed E-state index contributed by atoms with van der Waals surface area (Å²) in [4.78, 5) is 6.51. The number of rotatable bonds is 4. The highest BCUT2D eigenvalue weighted by atomic mass is 79.9. The molecule has 0 radical (unpaired) electrons. The minimum absolute atomic E-state index is 0.768. The van der Waals surface area contributed by atoms with Gasteiger partial charge in [-0.3, -0.25) is 0 Å². The molecule has 3 nitrogen and oxygen atoms in total. The third-order valence-corrected chi connectivity index (χ3v) is 3.72. The maximum atomic E-state index is 5.23. The number of hydrogen-bond acceptors (Lipinski definition) is 3. The first-order chi connectivity index (χ1) is 9.10. The van der Waals surface area contributed by atoms with Crippen LogP contribution in [0.1, 0.15) is 5.56 Å². The fraction of sp³-hybridized carbons (Fsp3) is 0.214. The normalized spacial score (nSPS) is 10.3. The molecule has 0 fully saturated rings. The second-order valence-electron chi connectivity index (χ2n) is 4.17. The highest BCUT2D eigenvalue weighted by Gasteiger charge is 2.09. The van der Waals surface area contributed by atoms with Crippen LogP contribution < -0.4 is 9.64 Å². The maximum absolute atomic E-state index is 5.23. The first-order valence-corrected chi connectivity index (χ1v) is 7.34. The van der Waals surface area contributed by atoms with Gasteiger partial charge >= 0.3 is 0 Å². The molecule has 0 aliphatic carbocycles. The lowest BCUT2D eigenvalue weighted by atomic mass is 10.2. The summed E-state index contributed by atoms with van der Waals surface area (Å²) >= 11 is 6.93. The molecule has 0 bridgehead atoms. The molecular formula is C14H14Br2N2O. The highest BCUT2D eigenvalue weighted by Crippen LogP contribution is 2.27. The smallest absolute Gasteiger partial charge is 0.142 e. The molecule has 2 rings (SSSR count). The topological polar surface area (TPSA) is 25.4 Å². The summed E-state index contributed by atoms with van der Waals surface area (Å²) in [6, 6.07) is 10.0. The van der Waals surface area contributed by atoms with Gasteiger partial charge in [-0.1, -0.05) is 12.1 Å². The van der Waals surface area contributed by atoms with Gasteiger partial charge in [-0.05, 0) is 55.6 Å². The van der Waals surface area contributed by atoms with Crippen molar-refractivity contribution in [3.8, 4) is 5.75 Å². The van der Waals surface area contributed by atoms with Gasteiger partial charge in [0, 0.05) is 24.3 Å². The summed E-state index contributed by atoms with van der Waals surface area (Å²) in [5.74, 6) is 1.78. The Kier molecular flexibility index (Phi) is 4.82. The van der Waals surface area contributed by atoms with Crippen LogP contribution in [0.4, 0.5) is 5.82 Å². The molecule has 0 saturated carbocycles. The predicted octanol–water partition coefficient (Wildman–Crippen LogP) is 4.25. The molecule has 1 aromatic carbocycles. The van der Waals surface area contributed by atoms with E-state index < -0.39 is 0 Å². The molecule has 0 unspecified atom stereocenters. The van der Waals surface area contributed by atoms with Crippen LogP contribution in [0.5, 0.6) is 5.75 Å². The number of anilines is 1. The van der Waals surface area contributed by atoms with E-state index in [1.807, 2.05) is 31.3 Å². The number of pyridine rings is 1. The van der Waals surface area contributed by atoms with Gasteiger partial charge < -0.3 is 9.64 Å².